The average Bonchev–Trinajstić information content (AvgIpc) is 2.88. The number of hydrogen-bond acceptors (Lipinski definition) is 2. The van der Waals surface area contributed by atoms with Crippen LogP contribution in [0.5, 0.6) is 0 Å². The van der Waals surface area contributed by atoms with Gasteiger partial charge in [0.05, 0.1) is 12.7 Å². The molecule has 0 saturated carbocycles. The summed E-state index contributed by atoms with van der Waals surface area (Å²) >= 11 is 0. The van der Waals surface area contributed by atoms with Crippen LogP contribution in [0.1, 0.15) is 5.56 Å². The van der Waals surface area contributed by atoms with Gasteiger partial charge in [-0.15, -0.1) is 0 Å². The van der Waals surface area contributed by atoms with Crippen molar-refractivity contribution < 1.29 is 22.4 Å². The summed E-state index contributed by atoms with van der Waals surface area (Å²) in [6.07, 6.45) is -3.15. The van der Waals surface area contributed by atoms with Crippen LogP contribution in [-0.2, 0) is 11.2 Å². The van der Waals surface area contributed by atoms with Crippen molar-refractivity contribution in [3.63, 3.8) is 0 Å². The van der Waals surface area contributed by atoms with Crippen molar-refractivity contribution in [2.45, 2.75) is 12.6 Å². The van der Waals surface area contributed by atoms with E-state index in [-0.39, 0.29) is 6.42 Å². The first-order valence-electron chi connectivity index (χ1n) is 6.65. The number of rotatable bonds is 3. The number of benzene rings is 2. The van der Waals surface area contributed by atoms with Crippen molar-refractivity contribution in [3.8, 4) is 0 Å². The lowest BCUT2D eigenvalue weighted by atomic mass is 10.0. The molecule has 1 amide bonds. The van der Waals surface area contributed by atoms with Crippen molar-refractivity contribution in [2.75, 3.05) is 6.54 Å². The predicted molar refractivity (Wildman–Crippen MR) is 76.5 cm³/mol. The van der Waals surface area contributed by atoms with Crippen molar-refractivity contribution in [2.24, 2.45) is 0 Å². The minimum Gasteiger partial charge on any atom is -0.464 e. The van der Waals surface area contributed by atoms with Crippen molar-refractivity contribution >= 4 is 27.6 Å². The molecular weight excluding hydrogens is 295 g/mol. The van der Waals surface area contributed by atoms with Crippen LogP contribution >= 0.6 is 0 Å². The van der Waals surface area contributed by atoms with Gasteiger partial charge in [0.2, 0.25) is 5.91 Å². The van der Waals surface area contributed by atoms with Crippen molar-refractivity contribution in [1.82, 2.24) is 5.32 Å². The van der Waals surface area contributed by atoms with E-state index in [1.165, 1.54) is 6.26 Å². The quantitative estimate of drug-likeness (QED) is 0.799. The molecule has 0 spiro atoms. The number of carbonyl (C=O) groups excluding carboxylic acids is 1. The molecule has 0 radical (unpaired) electrons. The molecule has 0 aliphatic carbocycles. The zero-order valence-corrected chi connectivity index (χ0v) is 11.4. The third-order valence-electron chi connectivity index (χ3n) is 3.38. The number of carbonyl (C=O) groups is 1. The Morgan fingerprint density at radius 3 is 2.68 bits per heavy atom. The molecule has 0 fully saturated rings. The van der Waals surface area contributed by atoms with E-state index in [0.29, 0.717) is 11.1 Å². The molecule has 0 bridgehead atoms. The SMILES string of the molecule is O=C(Cc1coc2ccc3ccccc3c12)NCC(F)(F)F. The highest BCUT2D eigenvalue weighted by atomic mass is 19.4. The minimum atomic E-state index is -4.42. The van der Waals surface area contributed by atoms with Crippen LogP contribution in [0.3, 0.4) is 0 Å². The van der Waals surface area contributed by atoms with Crippen LogP contribution in [0, 0.1) is 0 Å². The van der Waals surface area contributed by atoms with Crippen molar-refractivity contribution in [3.05, 3.63) is 48.2 Å². The Balaban J connectivity index is 1.91. The highest BCUT2D eigenvalue weighted by Crippen LogP contribution is 2.30. The molecule has 0 atom stereocenters. The smallest absolute Gasteiger partial charge is 0.405 e. The van der Waals surface area contributed by atoms with Gasteiger partial charge in [0.25, 0.3) is 0 Å². The van der Waals surface area contributed by atoms with E-state index in [9.17, 15) is 18.0 Å². The molecule has 1 N–H and O–H groups in total. The van der Waals surface area contributed by atoms with E-state index in [1.807, 2.05) is 35.6 Å². The summed E-state index contributed by atoms with van der Waals surface area (Å²) in [6, 6.07) is 11.3. The van der Waals surface area contributed by atoms with Gasteiger partial charge >= 0.3 is 6.18 Å². The molecule has 1 heterocycles. The molecular formula is C16H12F3NO2. The summed E-state index contributed by atoms with van der Waals surface area (Å²) < 4.78 is 41.8. The van der Waals surface area contributed by atoms with E-state index in [0.717, 1.165) is 16.2 Å². The van der Waals surface area contributed by atoms with Crippen LogP contribution in [0.2, 0.25) is 0 Å². The molecule has 1 aromatic heterocycles. The van der Waals surface area contributed by atoms with Crippen LogP contribution in [0.25, 0.3) is 21.7 Å². The maximum atomic E-state index is 12.1. The maximum Gasteiger partial charge on any atom is 0.405 e. The first kappa shape index (κ1) is 14.4. The maximum absolute atomic E-state index is 12.1. The van der Waals surface area contributed by atoms with Crippen LogP contribution in [0.15, 0.2) is 47.1 Å². The molecule has 3 nitrogen and oxygen atoms in total. The lowest BCUT2D eigenvalue weighted by Gasteiger charge is -2.08. The van der Waals surface area contributed by atoms with E-state index in [1.54, 1.807) is 6.07 Å². The number of fused-ring (bicyclic) bond motifs is 3. The third kappa shape index (κ3) is 2.90. The van der Waals surface area contributed by atoms with Gasteiger partial charge in [-0.3, -0.25) is 4.79 Å². The number of furan rings is 1. The van der Waals surface area contributed by atoms with Crippen LogP contribution in [-0.4, -0.2) is 18.6 Å². The molecule has 3 aromatic rings. The molecule has 0 saturated heterocycles. The average molecular weight is 307 g/mol. The molecule has 6 heteroatoms. The summed E-state index contributed by atoms with van der Waals surface area (Å²) in [5.41, 5.74) is 1.18. The van der Waals surface area contributed by atoms with Crippen molar-refractivity contribution in [1.29, 1.82) is 0 Å². The number of nitrogens with one attached hydrogen (secondary N) is 1. The Hall–Kier alpha value is -2.50. The Morgan fingerprint density at radius 2 is 1.91 bits per heavy atom. The lowest BCUT2D eigenvalue weighted by Crippen LogP contribution is -2.34. The molecule has 0 aliphatic heterocycles. The second kappa shape index (κ2) is 5.36. The zero-order valence-electron chi connectivity index (χ0n) is 11.4. The van der Waals surface area contributed by atoms with Crippen LogP contribution in [0.4, 0.5) is 13.2 Å². The molecule has 0 aliphatic rings. The number of hydrogen-bond donors (Lipinski definition) is 1. The van der Waals surface area contributed by atoms with E-state index >= 15 is 0 Å². The molecule has 114 valence electrons. The summed E-state index contributed by atoms with van der Waals surface area (Å²) in [5.74, 6) is -0.687. The Bertz CT molecular complexity index is 836. The predicted octanol–water partition coefficient (Wildman–Crippen LogP) is 3.81. The van der Waals surface area contributed by atoms with E-state index in [4.69, 9.17) is 4.42 Å². The topological polar surface area (TPSA) is 42.2 Å². The summed E-state index contributed by atoms with van der Waals surface area (Å²) in [7, 11) is 0. The highest BCUT2D eigenvalue weighted by molar-refractivity contribution is 6.08. The van der Waals surface area contributed by atoms with Gasteiger partial charge in [-0.25, -0.2) is 0 Å². The third-order valence-corrected chi connectivity index (χ3v) is 3.38. The molecule has 22 heavy (non-hydrogen) atoms. The Morgan fingerprint density at radius 1 is 1.14 bits per heavy atom. The minimum absolute atomic E-state index is 0.156. The lowest BCUT2D eigenvalue weighted by molar-refractivity contribution is -0.138. The summed E-state index contributed by atoms with van der Waals surface area (Å²) in [6.45, 7) is -1.33. The monoisotopic (exact) mass is 307 g/mol. The number of amides is 1. The van der Waals surface area contributed by atoms with Gasteiger partial charge in [0.1, 0.15) is 12.1 Å². The van der Waals surface area contributed by atoms with Gasteiger partial charge in [0.15, 0.2) is 0 Å². The summed E-state index contributed by atoms with van der Waals surface area (Å²) in [5, 5.41) is 4.52. The van der Waals surface area contributed by atoms with Gasteiger partial charge in [0, 0.05) is 10.9 Å². The fraction of sp³-hybridized carbons (Fsp3) is 0.188. The second-order valence-corrected chi connectivity index (χ2v) is 4.99. The largest absolute Gasteiger partial charge is 0.464 e. The number of halogens is 3. The standard InChI is InChI=1S/C16H12F3NO2/c17-16(18,19)9-20-14(21)7-11-8-22-13-6-5-10-3-1-2-4-12(10)15(11)13/h1-6,8H,7,9H2,(H,20,21). The zero-order chi connectivity index (χ0) is 15.7. The van der Waals surface area contributed by atoms with Gasteiger partial charge in [-0.05, 0) is 16.8 Å². The van der Waals surface area contributed by atoms with Gasteiger partial charge in [-0.1, -0.05) is 30.3 Å². The van der Waals surface area contributed by atoms with E-state index in [2.05, 4.69) is 0 Å². The number of alkyl halides is 3. The van der Waals surface area contributed by atoms with Gasteiger partial charge in [-0.2, -0.15) is 13.2 Å². The molecule has 3 rings (SSSR count). The normalized spacial score (nSPS) is 12.0. The fourth-order valence-electron chi connectivity index (χ4n) is 2.44. The highest BCUT2D eigenvalue weighted by Gasteiger charge is 2.27. The van der Waals surface area contributed by atoms with Gasteiger partial charge < -0.3 is 9.73 Å². The first-order valence-corrected chi connectivity index (χ1v) is 6.65. The molecule has 2 aromatic carbocycles. The van der Waals surface area contributed by atoms with E-state index < -0.39 is 18.6 Å². The van der Waals surface area contributed by atoms with Crippen LogP contribution < -0.4 is 5.32 Å². The fourth-order valence-corrected chi connectivity index (χ4v) is 2.44. The molecule has 0 unspecified atom stereocenters. The Kier molecular flexibility index (Phi) is 3.52. The first-order chi connectivity index (χ1) is 10.4. The second-order valence-electron chi connectivity index (χ2n) is 4.99. The summed E-state index contributed by atoms with van der Waals surface area (Å²) in [4.78, 5) is 11.7. The Labute approximate surface area is 123 Å².